The smallest absolute Gasteiger partial charge is 0.242 e. The summed E-state index contributed by atoms with van der Waals surface area (Å²) in [6, 6.07) is 18.5. The highest BCUT2D eigenvalue weighted by molar-refractivity contribution is 6.96. The Morgan fingerprint density at radius 3 is 1.48 bits per heavy atom. The van der Waals surface area contributed by atoms with E-state index in [1.807, 2.05) is 0 Å². The third-order valence-corrected chi connectivity index (χ3v) is 6.49. The molecule has 1 heterocycles. The molecule has 0 spiro atoms. The van der Waals surface area contributed by atoms with E-state index in [9.17, 15) is 0 Å². The van der Waals surface area contributed by atoms with Crippen LogP contribution < -0.4 is 21.3 Å². The molecule has 0 saturated carbocycles. The number of anilines is 1. The van der Waals surface area contributed by atoms with E-state index < -0.39 is 0 Å². The number of hydrogen-bond donors (Lipinski definition) is 0. The summed E-state index contributed by atoms with van der Waals surface area (Å²) in [7, 11) is 2.10. The fourth-order valence-electron chi connectivity index (χ4n) is 5.33. The second-order valence-electron chi connectivity index (χ2n) is 9.32. The summed E-state index contributed by atoms with van der Waals surface area (Å²) < 4.78 is 0. The minimum atomic E-state index is 0.229. The van der Waals surface area contributed by atoms with Crippen molar-refractivity contribution in [2.45, 2.75) is 41.5 Å². The molecule has 3 aromatic rings. The van der Waals surface area contributed by atoms with E-state index in [4.69, 9.17) is 0 Å². The highest BCUT2D eigenvalue weighted by Gasteiger charge is 2.28. The Morgan fingerprint density at radius 1 is 0.645 bits per heavy atom. The second-order valence-corrected chi connectivity index (χ2v) is 9.32. The van der Waals surface area contributed by atoms with Crippen LogP contribution in [0.2, 0.25) is 0 Å². The lowest BCUT2D eigenvalue weighted by molar-refractivity contribution is 0.496. The standard InChI is InChI=1S/C28H33BN2/c1-19-14-21(3)27(22(4)15-19)29(28-23(5)16-20(2)17-24(28)6)25-8-10-26(11-9-25)31-13-12-30(7)18-31/h8-17H,18H2,1-7H3. The lowest BCUT2D eigenvalue weighted by Crippen LogP contribution is -2.55. The van der Waals surface area contributed by atoms with Crippen molar-refractivity contribution in [3.63, 3.8) is 0 Å². The highest BCUT2D eigenvalue weighted by Crippen LogP contribution is 2.18. The van der Waals surface area contributed by atoms with Crippen LogP contribution in [0.15, 0.2) is 60.9 Å². The SMILES string of the molecule is Cc1cc(C)c(B(c2ccc(N3C=CN(C)C3)cc2)c2c(C)cc(C)cc2C)c(C)c1. The van der Waals surface area contributed by atoms with Crippen molar-refractivity contribution >= 4 is 28.8 Å². The predicted molar refractivity (Wildman–Crippen MR) is 137 cm³/mol. The van der Waals surface area contributed by atoms with Crippen LogP contribution in [0.5, 0.6) is 0 Å². The Hall–Kier alpha value is -2.94. The van der Waals surface area contributed by atoms with Crippen LogP contribution in [0.25, 0.3) is 0 Å². The molecule has 2 nitrogen and oxygen atoms in total. The van der Waals surface area contributed by atoms with Gasteiger partial charge < -0.3 is 9.80 Å². The van der Waals surface area contributed by atoms with Crippen LogP contribution in [0.1, 0.15) is 33.4 Å². The average Bonchev–Trinajstić information content (AvgIpc) is 3.12. The van der Waals surface area contributed by atoms with Gasteiger partial charge in [0.15, 0.2) is 0 Å². The van der Waals surface area contributed by atoms with Gasteiger partial charge in [-0.05, 0) is 53.7 Å². The summed E-state index contributed by atoms with van der Waals surface area (Å²) in [5, 5.41) is 0. The Bertz CT molecular complexity index is 1040. The number of nitrogens with zero attached hydrogens (tertiary/aromatic N) is 2. The molecule has 0 amide bonds. The quantitative estimate of drug-likeness (QED) is 0.596. The number of aryl methyl sites for hydroxylation is 6. The van der Waals surface area contributed by atoms with E-state index in [1.54, 1.807) is 0 Å². The lowest BCUT2D eigenvalue weighted by atomic mass is 9.34. The van der Waals surface area contributed by atoms with E-state index in [1.165, 1.54) is 55.5 Å². The molecule has 0 fully saturated rings. The van der Waals surface area contributed by atoms with Gasteiger partial charge in [-0.2, -0.15) is 0 Å². The fourth-order valence-corrected chi connectivity index (χ4v) is 5.33. The highest BCUT2D eigenvalue weighted by atomic mass is 15.3. The molecule has 0 radical (unpaired) electrons. The molecular weight excluding hydrogens is 375 g/mol. The monoisotopic (exact) mass is 408 g/mol. The molecule has 4 rings (SSSR count). The van der Waals surface area contributed by atoms with Gasteiger partial charge in [0.2, 0.25) is 6.71 Å². The fraction of sp³-hybridized carbons (Fsp3) is 0.286. The second kappa shape index (κ2) is 8.30. The van der Waals surface area contributed by atoms with Crippen LogP contribution in [0.3, 0.4) is 0 Å². The van der Waals surface area contributed by atoms with Crippen LogP contribution >= 0.6 is 0 Å². The van der Waals surface area contributed by atoms with Gasteiger partial charge in [0.05, 0.1) is 6.67 Å². The zero-order valence-electron chi connectivity index (χ0n) is 20.0. The molecule has 0 atom stereocenters. The summed E-state index contributed by atoms with van der Waals surface area (Å²) >= 11 is 0. The van der Waals surface area contributed by atoms with Gasteiger partial charge in [-0.1, -0.05) is 86.2 Å². The molecule has 0 aliphatic carbocycles. The molecule has 0 bridgehead atoms. The number of rotatable bonds is 4. The molecule has 0 unspecified atom stereocenters. The summed E-state index contributed by atoms with van der Waals surface area (Å²) in [6.45, 7) is 14.6. The van der Waals surface area contributed by atoms with Crippen molar-refractivity contribution in [2.75, 3.05) is 18.6 Å². The van der Waals surface area contributed by atoms with Crippen molar-refractivity contribution in [2.24, 2.45) is 0 Å². The molecule has 0 saturated heterocycles. The van der Waals surface area contributed by atoms with Gasteiger partial charge in [0.1, 0.15) is 0 Å². The number of hydrogen-bond acceptors (Lipinski definition) is 2. The van der Waals surface area contributed by atoms with Gasteiger partial charge in [-0.15, -0.1) is 0 Å². The van der Waals surface area contributed by atoms with E-state index in [-0.39, 0.29) is 6.71 Å². The molecule has 158 valence electrons. The summed E-state index contributed by atoms with van der Waals surface area (Å²) in [5.41, 5.74) is 13.6. The van der Waals surface area contributed by atoms with Crippen molar-refractivity contribution in [3.05, 3.63) is 94.3 Å². The first-order valence-corrected chi connectivity index (χ1v) is 11.1. The van der Waals surface area contributed by atoms with Gasteiger partial charge in [0, 0.05) is 25.1 Å². The molecule has 31 heavy (non-hydrogen) atoms. The zero-order chi connectivity index (χ0) is 22.3. The topological polar surface area (TPSA) is 6.48 Å². The van der Waals surface area contributed by atoms with Gasteiger partial charge in [0.25, 0.3) is 0 Å². The molecule has 3 aromatic carbocycles. The Morgan fingerprint density at radius 2 is 1.10 bits per heavy atom. The van der Waals surface area contributed by atoms with Crippen molar-refractivity contribution in [1.29, 1.82) is 0 Å². The van der Waals surface area contributed by atoms with E-state index in [0.717, 1.165) is 6.67 Å². The van der Waals surface area contributed by atoms with Gasteiger partial charge in [-0.25, -0.2) is 0 Å². The minimum absolute atomic E-state index is 0.229. The Balaban J connectivity index is 1.87. The Kier molecular flexibility index (Phi) is 5.70. The zero-order valence-corrected chi connectivity index (χ0v) is 20.0. The summed E-state index contributed by atoms with van der Waals surface area (Å²) in [5.74, 6) is 0. The lowest BCUT2D eigenvalue weighted by Gasteiger charge is -2.25. The molecule has 0 N–H and O–H groups in total. The first-order valence-electron chi connectivity index (χ1n) is 11.1. The maximum absolute atomic E-state index is 2.33. The van der Waals surface area contributed by atoms with E-state index in [2.05, 4.69) is 119 Å². The third-order valence-electron chi connectivity index (χ3n) is 6.49. The minimum Gasteiger partial charge on any atom is -0.361 e. The van der Waals surface area contributed by atoms with Crippen molar-refractivity contribution < 1.29 is 0 Å². The van der Waals surface area contributed by atoms with Crippen LogP contribution in [-0.2, 0) is 0 Å². The first kappa shape index (κ1) is 21.3. The summed E-state index contributed by atoms with van der Waals surface area (Å²) in [4.78, 5) is 4.47. The van der Waals surface area contributed by atoms with Crippen LogP contribution in [0, 0.1) is 41.5 Å². The largest absolute Gasteiger partial charge is 0.361 e. The molecule has 1 aliphatic heterocycles. The first-order chi connectivity index (χ1) is 14.7. The Labute approximate surface area is 188 Å². The number of benzene rings is 3. The van der Waals surface area contributed by atoms with E-state index >= 15 is 0 Å². The maximum Gasteiger partial charge on any atom is 0.242 e. The summed E-state index contributed by atoms with van der Waals surface area (Å²) in [6.07, 6.45) is 4.27. The predicted octanol–water partition coefficient (Wildman–Crippen LogP) is 4.23. The third kappa shape index (κ3) is 4.14. The van der Waals surface area contributed by atoms with Crippen molar-refractivity contribution in [3.8, 4) is 0 Å². The normalized spacial score (nSPS) is 13.3. The van der Waals surface area contributed by atoms with Gasteiger partial charge >= 0.3 is 0 Å². The van der Waals surface area contributed by atoms with Gasteiger partial charge in [-0.3, -0.25) is 0 Å². The molecular formula is C28H33BN2. The molecule has 3 heteroatoms. The van der Waals surface area contributed by atoms with Crippen LogP contribution in [0.4, 0.5) is 5.69 Å². The maximum atomic E-state index is 2.33. The van der Waals surface area contributed by atoms with Crippen LogP contribution in [-0.4, -0.2) is 25.3 Å². The average molecular weight is 408 g/mol. The molecule has 1 aliphatic rings. The van der Waals surface area contributed by atoms with Crippen molar-refractivity contribution in [1.82, 2.24) is 4.90 Å². The van der Waals surface area contributed by atoms with E-state index in [0.29, 0.717) is 0 Å². The molecule has 0 aromatic heterocycles.